The zero-order chi connectivity index (χ0) is 20.0. The zero-order valence-corrected chi connectivity index (χ0v) is 18.5. The van der Waals surface area contributed by atoms with Crippen LogP contribution in [0.2, 0.25) is 15.1 Å². The maximum absolute atomic E-state index is 6.34. The molecular weight excluding hydrogens is 411 g/mol. The maximum Gasteiger partial charge on any atom is 0.0598 e. The van der Waals surface area contributed by atoms with Crippen molar-refractivity contribution >= 4 is 57.5 Å². The Morgan fingerprint density at radius 1 is 1.11 bits per heavy atom. The topological polar surface area (TPSA) is 8.17 Å². The van der Waals surface area contributed by atoms with Crippen molar-refractivity contribution in [3.05, 3.63) is 68.3 Å². The number of allylic oxidation sites excluding steroid dienone is 1. The molecule has 1 aliphatic heterocycles. The van der Waals surface area contributed by atoms with Crippen LogP contribution in [0.5, 0.6) is 0 Å². The molecule has 2 heterocycles. The highest BCUT2D eigenvalue weighted by atomic mass is 35.5. The lowest BCUT2D eigenvalue weighted by molar-refractivity contribution is 0.220. The van der Waals surface area contributed by atoms with Gasteiger partial charge in [-0.25, -0.2) is 0 Å². The van der Waals surface area contributed by atoms with Gasteiger partial charge in [0.2, 0.25) is 0 Å². The molecule has 0 saturated carbocycles. The van der Waals surface area contributed by atoms with Gasteiger partial charge in [-0.15, -0.1) is 0 Å². The molecule has 2 nitrogen and oxygen atoms in total. The van der Waals surface area contributed by atoms with Gasteiger partial charge in [-0.1, -0.05) is 47.8 Å². The van der Waals surface area contributed by atoms with Crippen LogP contribution in [0.4, 0.5) is 0 Å². The van der Waals surface area contributed by atoms with Crippen molar-refractivity contribution in [2.75, 3.05) is 13.6 Å². The number of aromatic nitrogens is 1. The molecule has 1 atom stereocenters. The van der Waals surface area contributed by atoms with Crippen LogP contribution in [0, 0.1) is 0 Å². The molecule has 0 bridgehead atoms. The summed E-state index contributed by atoms with van der Waals surface area (Å²) in [4.78, 5) is 2.45. The molecule has 0 saturated heterocycles. The second kappa shape index (κ2) is 7.76. The first-order valence-corrected chi connectivity index (χ1v) is 10.7. The molecule has 146 valence electrons. The Hall–Kier alpha value is -1.45. The second-order valence-electron chi connectivity index (χ2n) is 7.49. The maximum atomic E-state index is 6.34. The van der Waals surface area contributed by atoms with Gasteiger partial charge in [0.25, 0.3) is 0 Å². The summed E-state index contributed by atoms with van der Waals surface area (Å²) in [6.45, 7) is 5.43. The molecule has 1 aliphatic rings. The summed E-state index contributed by atoms with van der Waals surface area (Å²) in [5.41, 5.74) is 6.18. The lowest BCUT2D eigenvalue weighted by Gasteiger charge is -2.33. The van der Waals surface area contributed by atoms with Gasteiger partial charge in [0.15, 0.2) is 0 Å². The van der Waals surface area contributed by atoms with Crippen molar-refractivity contribution in [1.82, 2.24) is 9.47 Å². The summed E-state index contributed by atoms with van der Waals surface area (Å²) < 4.78 is 2.35. The number of hydrogen-bond donors (Lipinski definition) is 0. The van der Waals surface area contributed by atoms with Crippen molar-refractivity contribution in [3.8, 4) is 0 Å². The summed E-state index contributed by atoms with van der Waals surface area (Å²) in [6, 6.07) is 12.4. The molecule has 0 fully saturated rings. The molecular formula is C23H23Cl3N2. The fraction of sp³-hybridized carbons (Fsp3) is 0.304. The number of rotatable bonds is 3. The quantitative estimate of drug-likeness (QED) is 0.413. The Bertz CT molecular complexity index is 1080. The van der Waals surface area contributed by atoms with Crippen LogP contribution in [-0.4, -0.2) is 23.1 Å². The fourth-order valence-electron chi connectivity index (χ4n) is 4.30. The van der Waals surface area contributed by atoms with E-state index in [2.05, 4.69) is 48.7 Å². The van der Waals surface area contributed by atoms with Crippen LogP contribution < -0.4 is 0 Å². The average molecular weight is 434 g/mol. The van der Waals surface area contributed by atoms with Gasteiger partial charge in [0, 0.05) is 28.8 Å². The SMILES string of the molecule is CCC1c2c(c3cc(Cl)ccc3n2/C=C(\C)c2ccc(Cl)c(Cl)c2)CCN1C. The van der Waals surface area contributed by atoms with Crippen molar-refractivity contribution in [3.63, 3.8) is 0 Å². The molecule has 1 aromatic heterocycles. The van der Waals surface area contributed by atoms with E-state index in [9.17, 15) is 0 Å². The summed E-state index contributed by atoms with van der Waals surface area (Å²) in [5.74, 6) is 0. The molecule has 3 aromatic rings. The van der Waals surface area contributed by atoms with E-state index < -0.39 is 0 Å². The molecule has 0 aliphatic carbocycles. The van der Waals surface area contributed by atoms with Gasteiger partial charge in [-0.2, -0.15) is 0 Å². The molecule has 0 spiro atoms. The standard InChI is InChI=1S/C23H23Cl3N2/c1-4-21-23-17(9-10-27(21)3)18-12-16(24)6-8-22(18)28(23)13-14(2)15-5-7-19(25)20(26)11-15/h5-8,11-13,21H,4,9-10H2,1-3H3/b14-13+. The lowest BCUT2D eigenvalue weighted by Crippen LogP contribution is -2.32. The van der Waals surface area contributed by atoms with Gasteiger partial charge in [0.05, 0.1) is 21.6 Å². The van der Waals surface area contributed by atoms with Gasteiger partial charge in [-0.05, 0) is 73.8 Å². The minimum atomic E-state index is 0.382. The van der Waals surface area contributed by atoms with Crippen molar-refractivity contribution in [2.45, 2.75) is 32.7 Å². The van der Waals surface area contributed by atoms with Crippen molar-refractivity contribution in [1.29, 1.82) is 0 Å². The van der Waals surface area contributed by atoms with Crippen LogP contribution in [0.3, 0.4) is 0 Å². The van der Waals surface area contributed by atoms with Crippen LogP contribution >= 0.6 is 34.8 Å². The Morgan fingerprint density at radius 3 is 2.61 bits per heavy atom. The Labute approximate surface area is 181 Å². The van der Waals surface area contributed by atoms with Gasteiger partial charge in [-0.3, -0.25) is 4.90 Å². The van der Waals surface area contributed by atoms with Gasteiger partial charge >= 0.3 is 0 Å². The van der Waals surface area contributed by atoms with E-state index in [1.807, 2.05) is 24.3 Å². The highest BCUT2D eigenvalue weighted by Crippen LogP contribution is 2.40. The Balaban J connectivity index is 1.95. The fourth-order valence-corrected chi connectivity index (χ4v) is 4.77. The van der Waals surface area contributed by atoms with E-state index in [0.717, 1.165) is 35.5 Å². The summed E-state index contributed by atoms with van der Waals surface area (Å²) >= 11 is 18.7. The average Bonchev–Trinajstić information content (AvgIpc) is 2.97. The summed E-state index contributed by atoms with van der Waals surface area (Å²) in [7, 11) is 2.21. The number of nitrogens with zero attached hydrogens (tertiary/aromatic N) is 2. The number of benzene rings is 2. The van der Waals surface area contributed by atoms with Gasteiger partial charge in [0.1, 0.15) is 0 Å². The third-order valence-electron chi connectivity index (χ3n) is 5.76. The second-order valence-corrected chi connectivity index (χ2v) is 8.74. The highest BCUT2D eigenvalue weighted by molar-refractivity contribution is 6.42. The summed E-state index contributed by atoms with van der Waals surface area (Å²) in [5, 5.41) is 3.19. The van der Waals surface area contributed by atoms with Crippen LogP contribution in [0.25, 0.3) is 22.7 Å². The third-order valence-corrected chi connectivity index (χ3v) is 6.73. The highest BCUT2D eigenvalue weighted by Gasteiger charge is 2.29. The summed E-state index contributed by atoms with van der Waals surface area (Å²) in [6.07, 6.45) is 4.31. The lowest BCUT2D eigenvalue weighted by atomic mass is 9.96. The monoisotopic (exact) mass is 432 g/mol. The van der Waals surface area contributed by atoms with E-state index in [-0.39, 0.29) is 0 Å². The Kier molecular flexibility index (Phi) is 5.50. The molecule has 0 amide bonds. The zero-order valence-electron chi connectivity index (χ0n) is 16.3. The first-order chi connectivity index (χ1) is 13.4. The molecule has 2 aromatic carbocycles. The van der Waals surface area contributed by atoms with Gasteiger partial charge < -0.3 is 4.57 Å². The largest absolute Gasteiger partial charge is 0.318 e. The first-order valence-electron chi connectivity index (χ1n) is 9.57. The predicted molar refractivity (Wildman–Crippen MR) is 123 cm³/mol. The van der Waals surface area contributed by atoms with E-state index >= 15 is 0 Å². The minimum Gasteiger partial charge on any atom is -0.318 e. The van der Waals surface area contributed by atoms with Crippen molar-refractivity contribution in [2.24, 2.45) is 0 Å². The van der Waals surface area contributed by atoms with E-state index in [1.165, 1.54) is 22.2 Å². The van der Waals surface area contributed by atoms with E-state index in [1.54, 1.807) is 0 Å². The number of fused-ring (bicyclic) bond motifs is 3. The van der Waals surface area contributed by atoms with E-state index in [4.69, 9.17) is 34.8 Å². The van der Waals surface area contributed by atoms with Crippen LogP contribution in [0.15, 0.2) is 36.4 Å². The first kappa shape index (κ1) is 19.8. The molecule has 4 rings (SSSR count). The normalized spacial score (nSPS) is 17.9. The number of halogens is 3. The minimum absolute atomic E-state index is 0.382. The van der Waals surface area contributed by atoms with Crippen molar-refractivity contribution < 1.29 is 0 Å². The predicted octanol–water partition coefficient (Wildman–Crippen LogP) is 7.56. The molecule has 1 unspecified atom stereocenters. The molecule has 5 heteroatoms. The van der Waals surface area contributed by atoms with Crippen LogP contribution in [0.1, 0.15) is 43.1 Å². The van der Waals surface area contributed by atoms with Crippen LogP contribution in [-0.2, 0) is 6.42 Å². The molecule has 0 radical (unpaired) electrons. The third kappa shape index (κ3) is 3.37. The number of likely N-dealkylation sites (N-methyl/N-ethyl adjacent to an activating group) is 1. The smallest absolute Gasteiger partial charge is 0.0598 e. The molecule has 28 heavy (non-hydrogen) atoms. The Morgan fingerprint density at radius 2 is 1.89 bits per heavy atom. The molecule has 0 N–H and O–H groups in total. The number of hydrogen-bond acceptors (Lipinski definition) is 1. The van der Waals surface area contributed by atoms with E-state index in [0.29, 0.717) is 16.1 Å².